The molecule has 0 unspecified atom stereocenters. The molecule has 15 heavy (non-hydrogen) atoms. The van der Waals surface area contributed by atoms with E-state index in [1.165, 1.54) is 25.7 Å². The van der Waals surface area contributed by atoms with Crippen LogP contribution >= 0.6 is 0 Å². The van der Waals surface area contributed by atoms with E-state index in [1.54, 1.807) is 0 Å². The molecule has 0 spiro atoms. The molecule has 1 aromatic rings. The van der Waals surface area contributed by atoms with Gasteiger partial charge in [0.05, 0.1) is 6.04 Å². The molecule has 1 aliphatic carbocycles. The number of hydrogen-bond acceptors (Lipinski definition) is 3. The van der Waals surface area contributed by atoms with Crippen molar-refractivity contribution in [2.75, 3.05) is 0 Å². The Balaban J connectivity index is 2.30. The van der Waals surface area contributed by atoms with E-state index in [-0.39, 0.29) is 6.04 Å². The van der Waals surface area contributed by atoms with E-state index in [0.29, 0.717) is 6.04 Å². The molecule has 1 aromatic heterocycles. The summed E-state index contributed by atoms with van der Waals surface area (Å²) in [6.07, 6.45) is 6.07. The molecule has 4 heteroatoms. The molecular formula is C11H20N4. The topological polar surface area (TPSA) is 56.7 Å². The van der Waals surface area contributed by atoms with Gasteiger partial charge in [0.15, 0.2) is 0 Å². The standard InChI is InChI=1S/C11H20N4/c1-3-10(12)11-14-13-8(2)15(11)9-6-4-5-7-9/h9-10H,3-7,12H2,1-2H3/t10-/m1/s1. The highest BCUT2D eigenvalue weighted by molar-refractivity contribution is 5.02. The summed E-state index contributed by atoms with van der Waals surface area (Å²) in [5, 5.41) is 8.38. The second-order valence-electron chi connectivity index (χ2n) is 4.43. The molecule has 84 valence electrons. The fourth-order valence-corrected chi connectivity index (χ4v) is 2.43. The summed E-state index contributed by atoms with van der Waals surface area (Å²) >= 11 is 0. The van der Waals surface area contributed by atoms with Crippen LogP contribution in [0.3, 0.4) is 0 Å². The smallest absolute Gasteiger partial charge is 0.150 e. The number of rotatable bonds is 3. The first-order valence-corrected chi connectivity index (χ1v) is 5.91. The van der Waals surface area contributed by atoms with Crippen LogP contribution in [-0.2, 0) is 0 Å². The highest BCUT2D eigenvalue weighted by atomic mass is 15.3. The van der Waals surface area contributed by atoms with Crippen molar-refractivity contribution in [1.29, 1.82) is 0 Å². The molecule has 2 rings (SSSR count). The van der Waals surface area contributed by atoms with Gasteiger partial charge in [0.1, 0.15) is 11.6 Å². The third kappa shape index (κ3) is 1.91. The molecule has 0 aromatic carbocycles. The quantitative estimate of drug-likeness (QED) is 0.827. The van der Waals surface area contributed by atoms with Crippen molar-refractivity contribution in [3.63, 3.8) is 0 Å². The summed E-state index contributed by atoms with van der Waals surface area (Å²) < 4.78 is 2.27. The molecule has 1 atom stereocenters. The zero-order valence-corrected chi connectivity index (χ0v) is 9.61. The van der Waals surface area contributed by atoms with Gasteiger partial charge in [0, 0.05) is 6.04 Å². The molecule has 0 radical (unpaired) electrons. The van der Waals surface area contributed by atoms with Gasteiger partial charge in [-0.2, -0.15) is 0 Å². The average Bonchev–Trinajstić information content (AvgIpc) is 2.85. The first-order valence-electron chi connectivity index (χ1n) is 5.91. The Hall–Kier alpha value is -0.900. The number of nitrogens with two attached hydrogens (primary N) is 1. The van der Waals surface area contributed by atoms with Gasteiger partial charge in [0.25, 0.3) is 0 Å². The van der Waals surface area contributed by atoms with Gasteiger partial charge in [-0.15, -0.1) is 10.2 Å². The molecule has 0 saturated heterocycles. The van der Waals surface area contributed by atoms with Crippen molar-refractivity contribution < 1.29 is 0 Å². The van der Waals surface area contributed by atoms with E-state index in [9.17, 15) is 0 Å². The third-order valence-corrected chi connectivity index (χ3v) is 3.35. The van der Waals surface area contributed by atoms with Crippen molar-refractivity contribution in [2.45, 2.75) is 58.0 Å². The molecule has 1 fully saturated rings. The molecule has 0 bridgehead atoms. The number of hydrogen-bond donors (Lipinski definition) is 1. The fourth-order valence-electron chi connectivity index (χ4n) is 2.43. The number of nitrogens with zero attached hydrogens (tertiary/aromatic N) is 3. The second kappa shape index (κ2) is 4.31. The normalized spacial score (nSPS) is 19.7. The van der Waals surface area contributed by atoms with Crippen molar-refractivity contribution in [1.82, 2.24) is 14.8 Å². The van der Waals surface area contributed by atoms with Crippen LogP contribution < -0.4 is 5.73 Å². The Morgan fingerprint density at radius 2 is 2.07 bits per heavy atom. The molecule has 4 nitrogen and oxygen atoms in total. The zero-order valence-electron chi connectivity index (χ0n) is 9.61. The molecule has 1 heterocycles. The Morgan fingerprint density at radius 1 is 1.40 bits per heavy atom. The Kier molecular flexibility index (Phi) is 3.05. The van der Waals surface area contributed by atoms with Crippen molar-refractivity contribution in [3.8, 4) is 0 Å². The molecular weight excluding hydrogens is 188 g/mol. The summed E-state index contributed by atoms with van der Waals surface area (Å²) in [7, 11) is 0. The third-order valence-electron chi connectivity index (χ3n) is 3.35. The van der Waals surface area contributed by atoms with Gasteiger partial charge in [-0.05, 0) is 26.2 Å². The van der Waals surface area contributed by atoms with E-state index >= 15 is 0 Å². The molecule has 1 aliphatic rings. The molecule has 1 saturated carbocycles. The van der Waals surface area contributed by atoms with E-state index in [1.807, 2.05) is 6.92 Å². The average molecular weight is 208 g/mol. The predicted octanol–water partition coefficient (Wildman–Crippen LogP) is 2.11. The van der Waals surface area contributed by atoms with Crippen LogP contribution in [0.2, 0.25) is 0 Å². The van der Waals surface area contributed by atoms with E-state index in [2.05, 4.69) is 21.7 Å². The van der Waals surface area contributed by atoms with Crippen molar-refractivity contribution >= 4 is 0 Å². The summed E-state index contributed by atoms with van der Waals surface area (Å²) in [6.45, 7) is 4.12. The van der Waals surface area contributed by atoms with Crippen LogP contribution in [0.25, 0.3) is 0 Å². The van der Waals surface area contributed by atoms with Gasteiger partial charge in [0.2, 0.25) is 0 Å². The Labute approximate surface area is 90.9 Å². The lowest BCUT2D eigenvalue weighted by Gasteiger charge is -2.18. The SMILES string of the molecule is CC[C@@H](N)c1nnc(C)n1C1CCCC1. The predicted molar refractivity (Wildman–Crippen MR) is 59.5 cm³/mol. The second-order valence-corrected chi connectivity index (χ2v) is 4.43. The van der Waals surface area contributed by atoms with Crippen LogP contribution in [0.15, 0.2) is 0 Å². The van der Waals surface area contributed by atoms with E-state index < -0.39 is 0 Å². The minimum atomic E-state index is 0.0341. The summed E-state index contributed by atoms with van der Waals surface area (Å²) in [5.41, 5.74) is 6.05. The zero-order chi connectivity index (χ0) is 10.8. The maximum atomic E-state index is 6.05. The minimum Gasteiger partial charge on any atom is -0.321 e. The van der Waals surface area contributed by atoms with Gasteiger partial charge in [-0.3, -0.25) is 0 Å². The Morgan fingerprint density at radius 3 is 2.67 bits per heavy atom. The van der Waals surface area contributed by atoms with Gasteiger partial charge < -0.3 is 10.3 Å². The number of aromatic nitrogens is 3. The molecule has 0 aliphatic heterocycles. The van der Waals surface area contributed by atoms with E-state index in [4.69, 9.17) is 5.73 Å². The lowest BCUT2D eigenvalue weighted by Crippen LogP contribution is -2.19. The Bertz CT molecular complexity index is 325. The van der Waals surface area contributed by atoms with Crippen LogP contribution in [0.4, 0.5) is 0 Å². The lowest BCUT2D eigenvalue weighted by atomic mass is 10.2. The monoisotopic (exact) mass is 208 g/mol. The summed E-state index contributed by atoms with van der Waals surface area (Å²) in [6, 6.07) is 0.624. The summed E-state index contributed by atoms with van der Waals surface area (Å²) in [4.78, 5) is 0. The molecule has 0 amide bonds. The van der Waals surface area contributed by atoms with Crippen molar-refractivity contribution in [3.05, 3.63) is 11.6 Å². The highest BCUT2D eigenvalue weighted by Gasteiger charge is 2.24. The lowest BCUT2D eigenvalue weighted by molar-refractivity contribution is 0.463. The largest absolute Gasteiger partial charge is 0.321 e. The maximum Gasteiger partial charge on any atom is 0.150 e. The van der Waals surface area contributed by atoms with Gasteiger partial charge in [-0.25, -0.2) is 0 Å². The van der Waals surface area contributed by atoms with Crippen LogP contribution in [0.1, 0.15) is 62.8 Å². The highest BCUT2D eigenvalue weighted by Crippen LogP contribution is 2.32. The first kappa shape index (κ1) is 10.6. The first-order chi connectivity index (χ1) is 7.24. The van der Waals surface area contributed by atoms with Crippen LogP contribution in [0, 0.1) is 6.92 Å². The van der Waals surface area contributed by atoms with Crippen LogP contribution in [0.5, 0.6) is 0 Å². The van der Waals surface area contributed by atoms with E-state index in [0.717, 1.165) is 18.1 Å². The molecule has 2 N–H and O–H groups in total. The minimum absolute atomic E-state index is 0.0341. The maximum absolute atomic E-state index is 6.05. The summed E-state index contributed by atoms with van der Waals surface area (Å²) in [5.74, 6) is 1.99. The van der Waals surface area contributed by atoms with Crippen LogP contribution in [-0.4, -0.2) is 14.8 Å². The van der Waals surface area contributed by atoms with Gasteiger partial charge >= 0.3 is 0 Å². The van der Waals surface area contributed by atoms with Crippen molar-refractivity contribution in [2.24, 2.45) is 5.73 Å². The number of aryl methyl sites for hydroxylation is 1. The fraction of sp³-hybridized carbons (Fsp3) is 0.818. The van der Waals surface area contributed by atoms with Gasteiger partial charge in [-0.1, -0.05) is 19.8 Å².